The molecular formula is C16H12N4S2. The van der Waals surface area contributed by atoms with Gasteiger partial charge in [-0.3, -0.25) is 0 Å². The first-order valence-electron chi connectivity index (χ1n) is 6.81. The molecule has 2 heterocycles. The summed E-state index contributed by atoms with van der Waals surface area (Å²) in [7, 11) is 0. The van der Waals surface area contributed by atoms with Crippen LogP contribution >= 0.6 is 23.1 Å². The standard InChI is InChI=1S/C16H12N4S2/c17-6-11-10-3-5-21-7-12(10)14(13-2-1-4-22-13)16(8-18,9-19)15(11)20/h1-4,11-12,14,20H,5,7H2/t11-,12+,14-/m0/s1. The van der Waals surface area contributed by atoms with E-state index in [0.29, 0.717) is 0 Å². The van der Waals surface area contributed by atoms with Gasteiger partial charge in [0.25, 0.3) is 0 Å². The molecule has 0 saturated heterocycles. The lowest BCUT2D eigenvalue weighted by atomic mass is 9.56. The van der Waals surface area contributed by atoms with Crippen LogP contribution in [0, 0.1) is 56.7 Å². The van der Waals surface area contributed by atoms with E-state index in [1.807, 2.05) is 23.6 Å². The highest BCUT2D eigenvalue weighted by molar-refractivity contribution is 7.99. The third kappa shape index (κ3) is 1.91. The summed E-state index contributed by atoms with van der Waals surface area (Å²) in [6.07, 6.45) is 2.01. The lowest BCUT2D eigenvalue weighted by Crippen LogP contribution is -2.49. The second-order valence-corrected chi connectivity index (χ2v) is 7.40. The van der Waals surface area contributed by atoms with E-state index in [2.05, 4.69) is 18.2 Å². The van der Waals surface area contributed by atoms with E-state index in [0.717, 1.165) is 22.0 Å². The zero-order chi connectivity index (χ0) is 15.7. The Hall–Kier alpha value is -2.07. The number of hydrogen-bond donors (Lipinski definition) is 1. The van der Waals surface area contributed by atoms with E-state index >= 15 is 0 Å². The van der Waals surface area contributed by atoms with Crippen LogP contribution in [-0.2, 0) is 0 Å². The van der Waals surface area contributed by atoms with Crippen LogP contribution in [0.25, 0.3) is 0 Å². The quantitative estimate of drug-likeness (QED) is 0.801. The first kappa shape index (κ1) is 14.9. The lowest BCUT2D eigenvalue weighted by molar-refractivity contribution is 0.384. The van der Waals surface area contributed by atoms with E-state index in [1.54, 1.807) is 11.8 Å². The molecule has 6 heteroatoms. The predicted molar refractivity (Wildman–Crippen MR) is 86.4 cm³/mol. The van der Waals surface area contributed by atoms with Gasteiger partial charge in [0.05, 0.1) is 23.9 Å². The Bertz CT molecular complexity index is 744. The fourth-order valence-electron chi connectivity index (χ4n) is 3.39. The molecule has 3 rings (SSSR count). The van der Waals surface area contributed by atoms with Gasteiger partial charge in [-0.1, -0.05) is 12.1 Å². The molecule has 0 aromatic carbocycles. The summed E-state index contributed by atoms with van der Waals surface area (Å²) < 4.78 is 0. The van der Waals surface area contributed by atoms with Crippen molar-refractivity contribution in [3.63, 3.8) is 0 Å². The van der Waals surface area contributed by atoms with Crippen LogP contribution < -0.4 is 0 Å². The van der Waals surface area contributed by atoms with E-state index in [1.165, 1.54) is 11.3 Å². The molecule has 1 aromatic heterocycles. The van der Waals surface area contributed by atoms with Gasteiger partial charge in [0.15, 0.2) is 5.41 Å². The number of thiophene rings is 1. The minimum Gasteiger partial charge on any atom is -0.305 e. The highest BCUT2D eigenvalue weighted by Crippen LogP contribution is 2.55. The second-order valence-electron chi connectivity index (χ2n) is 5.35. The van der Waals surface area contributed by atoms with Crippen molar-refractivity contribution in [3.05, 3.63) is 34.0 Å². The Kier molecular flexibility index (Phi) is 3.79. The smallest absolute Gasteiger partial charge is 0.190 e. The van der Waals surface area contributed by atoms with E-state index in [-0.39, 0.29) is 17.5 Å². The Morgan fingerprint density at radius 1 is 1.27 bits per heavy atom. The summed E-state index contributed by atoms with van der Waals surface area (Å²) in [6, 6.07) is 10.1. The molecule has 1 N–H and O–H groups in total. The van der Waals surface area contributed by atoms with Crippen LogP contribution in [0.2, 0.25) is 0 Å². The van der Waals surface area contributed by atoms with Crippen LogP contribution in [0.4, 0.5) is 0 Å². The number of thioether (sulfide) groups is 1. The van der Waals surface area contributed by atoms with Crippen molar-refractivity contribution in [2.24, 2.45) is 17.3 Å². The number of nitrogens with one attached hydrogen (secondary N) is 1. The fraction of sp³-hybridized carbons (Fsp3) is 0.375. The van der Waals surface area contributed by atoms with Gasteiger partial charge < -0.3 is 5.41 Å². The molecule has 2 aliphatic rings. The zero-order valence-electron chi connectivity index (χ0n) is 11.6. The van der Waals surface area contributed by atoms with Crippen LogP contribution in [-0.4, -0.2) is 17.2 Å². The molecular weight excluding hydrogens is 312 g/mol. The van der Waals surface area contributed by atoms with Crippen molar-refractivity contribution in [2.45, 2.75) is 5.92 Å². The number of nitrogens with zero attached hydrogens (tertiary/aromatic N) is 3. The Morgan fingerprint density at radius 2 is 2.05 bits per heavy atom. The van der Waals surface area contributed by atoms with Crippen molar-refractivity contribution in [2.75, 3.05) is 11.5 Å². The molecule has 1 fully saturated rings. The number of allylic oxidation sites excluding steroid dienone is 1. The van der Waals surface area contributed by atoms with Gasteiger partial charge in [0.1, 0.15) is 5.92 Å². The van der Waals surface area contributed by atoms with Crippen LogP contribution in [0.15, 0.2) is 29.2 Å². The van der Waals surface area contributed by atoms with Crippen molar-refractivity contribution in [1.29, 1.82) is 21.2 Å². The maximum Gasteiger partial charge on any atom is 0.190 e. The Labute approximate surface area is 137 Å². The average molecular weight is 324 g/mol. The van der Waals surface area contributed by atoms with E-state index in [9.17, 15) is 15.8 Å². The topological polar surface area (TPSA) is 95.2 Å². The third-order valence-corrected chi connectivity index (χ3v) is 6.36. The molecule has 0 radical (unpaired) electrons. The van der Waals surface area contributed by atoms with Gasteiger partial charge in [-0.2, -0.15) is 27.5 Å². The molecule has 22 heavy (non-hydrogen) atoms. The maximum absolute atomic E-state index is 9.74. The second kappa shape index (κ2) is 5.61. The first-order valence-corrected chi connectivity index (χ1v) is 8.85. The third-order valence-electron chi connectivity index (χ3n) is 4.41. The molecule has 1 saturated carbocycles. The first-order chi connectivity index (χ1) is 10.7. The van der Waals surface area contributed by atoms with Crippen LogP contribution in [0.5, 0.6) is 0 Å². The summed E-state index contributed by atoms with van der Waals surface area (Å²) in [5.41, 5.74) is -0.691. The van der Waals surface area contributed by atoms with E-state index < -0.39 is 11.3 Å². The highest BCUT2D eigenvalue weighted by atomic mass is 32.2. The molecule has 108 valence electrons. The number of rotatable bonds is 1. The number of hydrogen-bond acceptors (Lipinski definition) is 6. The van der Waals surface area contributed by atoms with Crippen molar-refractivity contribution < 1.29 is 0 Å². The minimum absolute atomic E-state index is 0.0320. The van der Waals surface area contributed by atoms with Gasteiger partial charge in [0.2, 0.25) is 0 Å². The molecule has 1 aliphatic heterocycles. The van der Waals surface area contributed by atoms with Gasteiger partial charge >= 0.3 is 0 Å². The molecule has 0 spiro atoms. The highest BCUT2D eigenvalue weighted by Gasteiger charge is 2.57. The zero-order valence-corrected chi connectivity index (χ0v) is 13.2. The Balaban J connectivity index is 2.25. The molecule has 1 aromatic rings. The minimum atomic E-state index is -1.55. The number of nitriles is 3. The molecule has 0 unspecified atom stereocenters. The summed E-state index contributed by atoms with van der Waals surface area (Å²) in [5.74, 6) is 0.460. The number of fused-ring (bicyclic) bond motifs is 1. The molecule has 3 atom stereocenters. The van der Waals surface area contributed by atoms with Crippen LogP contribution in [0.1, 0.15) is 10.8 Å². The van der Waals surface area contributed by atoms with Gasteiger partial charge in [-0.25, -0.2) is 0 Å². The molecule has 0 bridgehead atoms. The van der Waals surface area contributed by atoms with E-state index in [4.69, 9.17) is 5.41 Å². The van der Waals surface area contributed by atoms with Gasteiger partial charge in [-0.15, -0.1) is 11.3 Å². The van der Waals surface area contributed by atoms with Gasteiger partial charge in [-0.05, 0) is 17.0 Å². The molecule has 1 aliphatic carbocycles. The molecule has 0 amide bonds. The normalized spacial score (nSPS) is 29.4. The summed E-state index contributed by atoms with van der Waals surface area (Å²) >= 11 is 3.26. The van der Waals surface area contributed by atoms with Crippen molar-refractivity contribution in [1.82, 2.24) is 0 Å². The summed E-state index contributed by atoms with van der Waals surface area (Å²) in [6.45, 7) is 0. The molecule has 4 nitrogen and oxygen atoms in total. The fourth-order valence-corrected chi connectivity index (χ4v) is 5.43. The monoisotopic (exact) mass is 324 g/mol. The SMILES string of the molecule is N#C[C@@H]1C(=N)C(C#N)(C#N)[C@H](c2cccs2)[C@@H]2CSCC=C12. The van der Waals surface area contributed by atoms with Crippen LogP contribution in [0.3, 0.4) is 0 Å². The summed E-state index contributed by atoms with van der Waals surface area (Å²) in [4.78, 5) is 0.947. The predicted octanol–water partition coefficient (Wildman–Crippen LogP) is 3.33. The lowest BCUT2D eigenvalue weighted by Gasteiger charge is -2.44. The van der Waals surface area contributed by atoms with Crippen molar-refractivity contribution >= 4 is 28.8 Å². The van der Waals surface area contributed by atoms with Crippen molar-refractivity contribution in [3.8, 4) is 18.2 Å². The maximum atomic E-state index is 9.74. The van der Waals surface area contributed by atoms with Gasteiger partial charge in [0, 0.05) is 28.2 Å². The summed E-state index contributed by atoms with van der Waals surface area (Å²) in [5, 5.41) is 39.3. The Morgan fingerprint density at radius 3 is 2.64 bits per heavy atom. The average Bonchev–Trinajstić information content (AvgIpc) is 3.08. The largest absolute Gasteiger partial charge is 0.305 e.